The van der Waals surface area contributed by atoms with Gasteiger partial charge in [-0.1, -0.05) is 36.4 Å². The van der Waals surface area contributed by atoms with Gasteiger partial charge < -0.3 is 24.4 Å². The Bertz CT molecular complexity index is 1290. The van der Waals surface area contributed by atoms with Crippen LogP contribution < -0.4 is 19.5 Å². The minimum atomic E-state index is -0.449. The summed E-state index contributed by atoms with van der Waals surface area (Å²) in [6, 6.07) is 21.0. The van der Waals surface area contributed by atoms with Crippen molar-refractivity contribution in [2.24, 2.45) is 5.92 Å². The van der Waals surface area contributed by atoms with Crippen LogP contribution in [0, 0.1) is 5.92 Å². The number of nitrogens with one attached hydrogen (secondary N) is 1. The van der Waals surface area contributed by atoms with E-state index in [1.165, 1.54) is 51.6 Å². The van der Waals surface area contributed by atoms with Gasteiger partial charge in [-0.15, -0.1) is 0 Å². The van der Waals surface area contributed by atoms with Crippen molar-refractivity contribution in [1.82, 2.24) is 4.90 Å². The van der Waals surface area contributed by atoms with Crippen molar-refractivity contribution >= 4 is 23.6 Å². The molecule has 1 aliphatic rings. The van der Waals surface area contributed by atoms with Crippen molar-refractivity contribution in [3.63, 3.8) is 0 Å². The monoisotopic (exact) mass is 528 g/mol. The van der Waals surface area contributed by atoms with Crippen LogP contribution in [0.25, 0.3) is 6.08 Å². The maximum Gasteiger partial charge on any atom is 0.308 e. The highest BCUT2D eigenvalue weighted by molar-refractivity contribution is 6.02. The van der Waals surface area contributed by atoms with Gasteiger partial charge >= 0.3 is 5.97 Å². The van der Waals surface area contributed by atoms with Crippen molar-refractivity contribution in [3.8, 4) is 17.2 Å². The summed E-state index contributed by atoms with van der Waals surface area (Å²) in [5.41, 5.74) is 3.59. The highest BCUT2D eigenvalue weighted by Gasteiger charge is 2.17. The minimum absolute atomic E-state index is 0.287. The number of amides is 1. The predicted octanol–water partition coefficient (Wildman–Crippen LogP) is 5.74. The maximum absolute atomic E-state index is 12.7. The van der Waals surface area contributed by atoms with Gasteiger partial charge in [0, 0.05) is 24.3 Å². The van der Waals surface area contributed by atoms with Crippen LogP contribution in [-0.4, -0.2) is 44.0 Å². The highest BCUT2D eigenvalue weighted by atomic mass is 16.6. The number of anilines is 1. The van der Waals surface area contributed by atoms with E-state index in [0.29, 0.717) is 29.4 Å². The summed E-state index contributed by atoms with van der Waals surface area (Å²) in [5, 5.41) is 2.92. The van der Waals surface area contributed by atoms with Crippen LogP contribution in [0.5, 0.6) is 17.2 Å². The van der Waals surface area contributed by atoms with E-state index in [0.717, 1.165) is 23.7 Å². The molecule has 1 aliphatic heterocycles. The van der Waals surface area contributed by atoms with Crippen LogP contribution in [0.2, 0.25) is 0 Å². The number of carbonyl (C=O) groups is 2. The number of methoxy groups -OCH3 is 1. The predicted molar refractivity (Wildman–Crippen MR) is 153 cm³/mol. The number of carbonyl (C=O) groups excluding carboxylic acids is 2. The molecule has 1 heterocycles. The Hall–Kier alpha value is -4.10. The normalized spacial score (nSPS) is 14.2. The zero-order valence-electron chi connectivity index (χ0n) is 22.8. The number of piperidine rings is 1. The molecule has 1 fully saturated rings. The third kappa shape index (κ3) is 8.45. The van der Waals surface area contributed by atoms with Gasteiger partial charge in [0.05, 0.1) is 7.11 Å². The second-order valence-electron chi connectivity index (χ2n) is 9.87. The Morgan fingerprint density at radius 3 is 2.46 bits per heavy atom. The molecule has 39 heavy (non-hydrogen) atoms. The van der Waals surface area contributed by atoms with Gasteiger partial charge in [-0.05, 0) is 92.9 Å². The molecule has 0 unspecified atom stereocenters. The molecule has 7 nitrogen and oxygen atoms in total. The van der Waals surface area contributed by atoms with E-state index in [4.69, 9.17) is 14.2 Å². The number of para-hydroxylation sites is 1. The lowest BCUT2D eigenvalue weighted by molar-refractivity contribution is -0.132. The van der Waals surface area contributed by atoms with Crippen LogP contribution in [-0.2, 0) is 22.6 Å². The Morgan fingerprint density at radius 1 is 1.00 bits per heavy atom. The van der Waals surface area contributed by atoms with Crippen LogP contribution in [0.1, 0.15) is 36.5 Å². The second-order valence-corrected chi connectivity index (χ2v) is 9.87. The molecule has 204 valence electrons. The fraction of sp³-hybridized carbons (Fsp3) is 0.312. The maximum atomic E-state index is 12.7. The zero-order chi connectivity index (χ0) is 27.6. The Morgan fingerprint density at radius 2 is 1.74 bits per heavy atom. The van der Waals surface area contributed by atoms with E-state index >= 15 is 0 Å². The summed E-state index contributed by atoms with van der Waals surface area (Å²) in [6.07, 6.45) is 6.69. The minimum Gasteiger partial charge on any atom is -0.493 e. The number of likely N-dealkylation sites (tertiary alicyclic amines) is 1. The lowest BCUT2D eigenvalue weighted by atomic mass is 9.90. The summed E-state index contributed by atoms with van der Waals surface area (Å²) in [7, 11) is 3.69. The van der Waals surface area contributed by atoms with E-state index < -0.39 is 5.97 Å². The number of nitrogens with zero attached hydrogens (tertiary/aromatic N) is 1. The molecule has 7 heteroatoms. The van der Waals surface area contributed by atoms with E-state index in [2.05, 4.69) is 29.4 Å². The molecule has 0 aromatic heterocycles. The van der Waals surface area contributed by atoms with Crippen LogP contribution in [0.15, 0.2) is 72.8 Å². The second kappa shape index (κ2) is 13.6. The molecule has 0 radical (unpaired) electrons. The third-order valence-corrected chi connectivity index (χ3v) is 6.82. The molecular weight excluding hydrogens is 492 g/mol. The van der Waals surface area contributed by atoms with Gasteiger partial charge in [0.25, 0.3) is 0 Å². The molecule has 0 saturated carbocycles. The largest absolute Gasteiger partial charge is 0.493 e. The van der Waals surface area contributed by atoms with Gasteiger partial charge in [0.2, 0.25) is 5.91 Å². The molecule has 3 aromatic carbocycles. The fourth-order valence-electron chi connectivity index (χ4n) is 4.63. The first-order valence-corrected chi connectivity index (χ1v) is 13.2. The summed E-state index contributed by atoms with van der Waals surface area (Å²) < 4.78 is 16.4. The summed E-state index contributed by atoms with van der Waals surface area (Å²) >= 11 is 0. The number of benzene rings is 3. The van der Waals surface area contributed by atoms with Crippen LogP contribution >= 0.6 is 0 Å². The van der Waals surface area contributed by atoms with Gasteiger partial charge in [-0.3, -0.25) is 9.59 Å². The number of rotatable bonds is 10. The molecule has 1 N–H and O–H groups in total. The number of hydrogen-bond donors (Lipinski definition) is 1. The summed E-state index contributed by atoms with van der Waals surface area (Å²) in [6.45, 7) is 4.01. The zero-order valence-corrected chi connectivity index (χ0v) is 22.8. The average Bonchev–Trinajstić information content (AvgIpc) is 2.93. The molecule has 0 atom stereocenters. The fourth-order valence-corrected chi connectivity index (χ4v) is 4.63. The van der Waals surface area contributed by atoms with Crippen molar-refractivity contribution in [3.05, 3.63) is 89.5 Å². The first kappa shape index (κ1) is 27.9. The van der Waals surface area contributed by atoms with Crippen molar-refractivity contribution in [2.75, 3.05) is 32.6 Å². The van der Waals surface area contributed by atoms with Gasteiger partial charge in [0.1, 0.15) is 12.4 Å². The van der Waals surface area contributed by atoms with E-state index in [-0.39, 0.29) is 5.91 Å². The molecule has 1 amide bonds. The Labute approximate surface area is 230 Å². The molecule has 1 saturated heterocycles. The van der Waals surface area contributed by atoms with Crippen LogP contribution in [0.4, 0.5) is 5.69 Å². The lowest BCUT2D eigenvalue weighted by Crippen LogP contribution is -2.30. The Kier molecular flexibility index (Phi) is 9.75. The summed E-state index contributed by atoms with van der Waals surface area (Å²) in [5.74, 6) is 1.54. The van der Waals surface area contributed by atoms with Gasteiger partial charge in [-0.25, -0.2) is 0 Å². The first-order valence-electron chi connectivity index (χ1n) is 13.2. The van der Waals surface area contributed by atoms with E-state index in [1.807, 2.05) is 36.4 Å². The molecule has 4 rings (SSSR count). The third-order valence-electron chi connectivity index (χ3n) is 6.82. The number of ether oxygens (including phenoxy) is 3. The lowest BCUT2D eigenvalue weighted by Gasteiger charge is -2.28. The summed E-state index contributed by atoms with van der Waals surface area (Å²) in [4.78, 5) is 26.4. The van der Waals surface area contributed by atoms with Crippen molar-refractivity contribution < 1.29 is 23.8 Å². The van der Waals surface area contributed by atoms with E-state index in [1.54, 1.807) is 24.3 Å². The highest BCUT2D eigenvalue weighted by Crippen LogP contribution is 2.29. The van der Waals surface area contributed by atoms with Gasteiger partial charge in [-0.2, -0.15) is 0 Å². The molecule has 0 bridgehead atoms. The van der Waals surface area contributed by atoms with Crippen molar-refractivity contribution in [1.29, 1.82) is 0 Å². The van der Waals surface area contributed by atoms with Crippen LogP contribution in [0.3, 0.4) is 0 Å². The molecular formula is C32H36N2O5. The quantitative estimate of drug-likeness (QED) is 0.206. The topological polar surface area (TPSA) is 77.1 Å². The van der Waals surface area contributed by atoms with Gasteiger partial charge in [0.15, 0.2) is 11.5 Å². The van der Waals surface area contributed by atoms with Crippen molar-refractivity contribution in [2.45, 2.75) is 32.8 Å². The smallest absolute Gasteiger partial charge is 0.308 e. The standard InChI is InChI=1S/C32H36N2O5/c1-23(35)39-31-21-25(10-14-30(31)37-3)11-15-32(36)33-29-7-5-4-6-27(29)22-38-28-12-8-24(9-13-28)20-26-16-18-34(2)19-17-26/h4-15,21,26H,16-20,22H2,1-3H3,(H,33,36)/b15-11+. The number of hydrogen-bond acceptors (Lipinski definition) is 6. The average molecular weight is 529 g/mol. The van der Waals surface area contributed by atoms with E-state index in [9.17, 15) is 9.59 Å². The first-order chi connectivity index (χ1) is 18.9. The molecule has 0 aliphatic carbocycles. The Balaban J connectivity index is 1.33. The molecule has 0 spiro atoms. The SMILES string of the molecule is COc1ccc(/C=C/C(=O)Nc2ccccc2COc2ccc(CC3CCN(C)CC3)cc2)cc1OC(C)=O. The number of esters is 1. The molecule has 3 aromatic rings.